The van der Waals surface area contributed by atoms with Crippen LogP contribution in [0.2, 0.25) is 5.02 Å². The van der Waals surface area contributed by atoms with Crippen molar-refractivity contribution in [1.82, 2.24) is 0 Å². The van der Waals surface area contributed by atoms with E-state index in [-0.39, 0.29) is 11.2 Å². The van der Waals surface area contributed by atoms with Gasteiger partial charge in [0.15, 0.2) is 5.78 Å². The molecule has 0 aliphatic rings. The standard InChI is InChI=1S/C28H31ClN2O/c1-18-14-25(30)26(15-19(18)2)31-24(17-27(32)21-8-12-23(29)13-9-21)16-20-6-10-22(11-7-20)28(3,4)5/h6-15,17,31H,16,30H2,1-5H3/b24-17-. The Morgan fingerprint density at radius 2 is 1.56 bits per heavy atom. The number of allylic oxidation sites excluding steroid dienone is 2. The Bertz CT molecular complexity index is 1140. The van der Waals surface area contributed by atoms with Gasteiger partial charge in [0.05, 0.1) is 11.4 Å². The number of nitrogens with one attached hydrogen (secondary N) is 1. The third kappa shape index (κ3) is 6.02. The molecule has 166 valence electrons. The van der Waals surface area contributed by atoms with Crippen molar-refractivity contribution in [1.29, 1.82) is 0 Å². The molecule has 3 N–H and O–H groups in total. The van der Waals surface area contributed by atoms with E-state index in [2.05, 4.69) is 50.4 Å². The number of nitrogens with two attached hydrogens (primary N) is 1. The number of benzene rings is 3. The molecule has 0 unspecified atom stereocenters. The largest absolute Gasteiger partial charge is 0.397 e. The van der Waals surface area contributed by atoms with Crippen molar-refractivity contribution in [3.63, 3.8) is 0 Å². The molecule has 0 saturated heterocycles. The highest BCUT2D eigenvalue weighted by Crippen LogP contribution is 2.27. The molecule has 0 aliphatic carbocycles. The fraction of sp³-hybridized carbons (Fsp3) is 0.250. The number of hydrogen-bond acceptors (Lipinski definition) is 3. The van der Waals surface area contributed by atoms with Crippen LogP contribution >= 0.6 is 11.6 Å². The summed E-state index contributed by atoms with van der Waals surface area (Å²) >= 11 is 5.97. The molecular weight excluding hydrogens is 416 g/mol. The fourth-order valence-electron chi connectivity index (χ4n) is 3.45. The van der Waals surface area contributed by atoms with Gasteiger partial charge in [0.2, 0.25) is 0 Å². The third-order valence-electron chi connectivity index (χ3n) is 5.61. The number of nitrogen functional groups attached to an aromatic ring is 1. The lowest BCUT2D eigenvalue weighted by Gasteiger charge is -2.20. The summed E-state index contributed by atoms with van der Waals surface area (Å²) in [6, 6.07) is 19.4. The molecule has 0 bridgehead atoms. The van der Waals surface area contributed by atoms with Gasteiger partial charge in [-0.25, -0.2) is 0 Å². The predicted octanol–water partition coefficient (Wildman–Crippen LogP) is 7.26. The Morgan fingerprint density at radius 3 is 2.16 bits per heavy atom. The molecule has 0 aliphatic heterocycles. The monoisotopic (exact) mass is 446 g/mol. The molecule has 0 radical (unpaired) electrons. The summed E-state index contributed by atoms with van der Waals surface area (Å²) in [5.41, 5.74) is 13.8. The van der Waals surface area contributed by atoms with Gasteiger partial charge in [0.1, 0.15) is 0 Å². The SMILES string of the molecule is Cc1cc(N)c(N/C(=C\C(=O)c2ccc(Cl)cc2)Cc2ccc(C(C)(C)C)cc2)cc1C. The topological polar surface area (TPSA) is 55.1 Å². The highest BCUT2D eigenvalue weighted by atomic mass is 35.5. The van der Waals surface area contributed by atoms with Crippen molar-refractivity contribution in [2.75, 3.05) is 11.1 Å². The second kappa shape index (κ2) is 9.62. The zero-order valence-electron chi connectivity index (χ0n) is 19.4. The van der Waals surface area contributed by atoms with Crippen molar-refractivity contribution >= 4 is 28.8 Å². The van der Waals surface area contributed by atoms with Crippen LogP contribution in [0.4, 0.5) is 11.4 Å². The molecule has 0 aromatic heterocycles. The predicted molar refractivity (Wildman–Crippen MR) is 137 cm³/mol. The zero-order chi connectivity index (χ0) is 23.5. The summed E-state index contributed by atoms with van der Waals surface area (Å²) in [4.78, 5) is 12.9. The number of hydrogen-bond donors (Lipinski definition) is 2. The average Bonchev–Trinajstić information content (AvgIpc) is 2.72. The van der Waals surface area contributed by atoms with E-state index in [1.54, 1.807) is 30.3 Å². The molecule has 0 saturated carbocycles. The zero-order valence-corrected chi connectivity index (χ0v) is 20.2. The first-order valence-corrected chi connectivity index (χ1v) is 11.1. The average molecular weight is 447 g/mol. The molecule has 3 nitrogen and oxygen atoms in total. The molecule has 4 heteroatoms. The number of anilines is 2. The Balaban J connectivity index is 1.94. The Hall–Kier alpha value is -3.04. The van der Waals surface area contributed by atoms with Crippen LogP contribution in [0.1, 0.15) is 53.4 Å². The van der Waals surface area contributed by atoms with Gasteiger partial charge in [0.25, 0.3) is 0 Å². The second-order valence-corrected chi connectivity index (χ2v) is 9.75. The highest BCUT2D eigenvalue weighted by molar-refractivity contribution is 6.30. The Labute approximate surface area is 196 Å². The molecule has 3 rings (SSSR count). The molecule has 32 heavy (non-hydrogen) atoms. The summed E-state index contributed by atoms with van der Waals surface area (Å²) in [5, 5.41) is 4.01. The van der Waals surface area contributed by atoms with Crippen LogP contribution in [0.25, 0.3) is 0 Å². The number of halogens is 1. The maximum atomic E-state index is 12.9. The van der Waals surface area contributed by atoms with Gasteiger partial charge >= 0.3 is 0 Å². The molecule has 3 aromatic carbocycles. The van der Waals surface area contributed by atoms with Crippen molar-refractivity contribution in [2.45, 2.75) is 46.5 Å². The number of ketones is 1. The van der Waals surface area contributed by atoms with Crippen LogP contribution in [0.5, 0.6) is 0 Å². The minimum Gasteiger partial charge on any atom is -0.397 e. The van der Waals surface area contributed by atoms with Crippen LogP contribution < -0.4 is 11.1 Å². The van der Waals surface area contributed by atoms with E-state index in [9.17, 15) is 4.79 Å². The molecule has 0 fully saturated rings. The number of carbonyl (C=O) groups is 1. The summed E-state index contributed by atoms with van der Waals surface area (Å²) in [6.07, 6.45) is 2.23. The van der Waals surface area contributed by atoms with E-state index in [0.717, 1.165) is 28.1 Å². The van der Waals surface area contributed by atoms with Gasteiger partial charge in [-0.3, -0.25) is 4.79 Å². The molecular formula is C28H31ClN2O. The summed E-state index contributed by atoms with van der Waals surface area (Å²) in [7, 11) is 0. The van der Waals surface area contributed by atoms with Crippen LogP contribution in [-0.2, 0) is 11.8 Å². The van der Waals surface area contributed by atoms with Gasteiger partial charge < -0.3 is 11.1 Å². The van der Waals surface area contributed by atoms with Crippen LogP contribution in [0.3, 0.4) is 0 Å². The summed E-state index contributed by atoms with van der Waals surface area (Å²) in [5.74, 6) is -0.0853. The third-order valence-corrected chi connectivity index (χ3v) is 5.86. The quantitative estimate of drug-likeness (QED) is 0.238. The van der Waals surface area contributed by atoms with Crippen LogP contribution in [0.15, 0.2) is 72.4 Å². The lowest BCUT2D eigenvalue weighted by atomic mass is 9.86. The second-order valence-electron chi connectivity index (χ2n) is 9.31. The maximum absolute atomic E-state index is 12.9. The summed E-state index contributed by atoms with van der Waals surface area (Å²) < 4.78 is 0. The van der Waals surface area contributed by atoms with E-state index in [0.29, 0.717) is 22.7 Å². The smallest absolute Gasteiger partial charge is 0.187 e. The first kappa shape index (κ1) is 23.6. The van der Waals surface area contributed by atoms with Crippen molar-refractivity contribution < 1.29 is 4.79 Å². The Kier molecular flexibility index (Phi) is 7.10. The summed E-state index contributed by atoms with van der Waals surface area (Å²) in [6.45, 7) is 10.7. The van der Waals surface area contributed by atoms with Gasteiger partial charge in [0, 0.05) is 28.8 Å². The van der Waals surface area contributed by atoms with E-state index < -0.39 is 0 Å². The molecule has 3 aromatic rings. The fourth-order valence-corrected chi connectivity index (χ4v) is 3.58. The lowest BCUT2D eigenvalue weighted by molar-refractivity contribution is 0.104. The normalized spacial score (nSPS) is 12.0. The Morgan fingerprint density at radius 1 is 0.969 bits per heavy atom. The lowest BCUT2D eigenvalue weighted by Crippen LogP contribution is -2.11. The molecule has 0 heterocycles. The minimum atomic E-state index is -0.0853. The van der Waals surface area contributed by atoms with E-state index in [1.165, 1.54) is 5.56 Å². The van der Waals surface area contributed by atoms with E-state index in [4.69, 9.17) is 17.3 Å². The highest BCUT2D eigenvalue weighted by Gasteiger charge is 2.14. The van der Waals surface area contributed by atoms with Gasteiger partial charge in [-0.2, -0.15) is 0 Å². The van der Waals surface area contributed by atoms with Crippen LogP contribution in [0, 0.1) is 13.8 Å². The van der Waals surface area contributed by atoms with Crippen molar-refractivity contribution in [3.8, 4) is 0 Å². The first-order valence-electron chi connectivity index (χ1n) is 10.8. The number of aryl methyl sites for hydroxylation is 2. The first-order chi connectivity index (χ1) is 15.0. The minimum absolute atomic E-state index is 0.0853. The van der Waals surface area contributed by atoms with E-state index >= 15 is 0 Å². The molecule has 0 spiro atoms. The van der Waals surface area contributed by atoms with Crippen molar-refractivity contribution in [3.05, 3.63) is 105 Å². The van der Waals surface area contributed by atoms with Gasteiger partial charge in [-0.05, 0) is 77.9 Å². The number of carbonyl (C=O) groups excluding carboxylic acids is 1. The number of rotatable bonds is 6. The molecule has 0 amide bonds. The van der Waals surface area contributed by atoms with Gasteiger partial charge in [-0.1, -0.05) is 56.6 Å². The van der Waals surface area contributed by atoms with Gasteiger partial charge in [-0.15, -0.1) is 0 Å². The van der Waals surface area contributed by atoms with Crippen molar-refractivity contribution in [2.24, 2.45) is 0 Å². The van der Waals surface area contributed by atoms with E-state index in [1.807, 2.05) is 26.0 Å². The maximum Gasteiger partial charge on any atom is 0.187 e. The van der Waals surface area contributed by atoms with Crippen LogP contribution in [-0.4, -0.2) is 5.78 Å². The molecule has 0 atom stereocenters.